The molecule has 0 heterocycles. The van der Waals surface area contributed by atoms with Crippen molar-refractivity contribution in [2.45, 2.75) is 38.2 Å². The zero-order valence-corrected chi connectivity index (χ0v) is 9.32. The first-order valence-corrected chi connectivity index (χ1v) is 6.42. The van der Waals surface area contributed by atoms with Crippen LogP contribution in [0.1, 0.15) is 32.1 Å². The van der Waals surface area contributed by atoms with E-state index in [0.29, 0.717) is 6.10 Å². The SMILES string of the molecule is NNCCOC1C2CC3CC(C2)CC1C3. The number of rotatable bonds is 4. The van der Waals surface area contributed by atoms with Gasteiger partial charge in [-0.3, -0.25) is 11.3 Å². The van der Waals surface area contributed by atoms with Gasteiger partial charge >= 0.3 is 0 Å². The minimum atomic E-state index is 0.561. The molecule has 3 nitrogen and oxygen atoms in total. The van der Waals surface area contributed by atoms with Gasteiger partial charge in [-0.25, -0.2) is 0 Å². The minimum absolute atomic E-state index is 0.561. The lowest BCUT2D eigenvalue weighted by atomic mass is 9.55. The maximum Gasteiger partial charge on any atom is 0.0632 e. The van der Waals surface area contributed by atoms with Crippen LogP contribution in [0.25, 0.3) is 0 Å². The zero-order valence-electron chi connectivity index (χ0n) is 9.32. The largest absolute Gasteiger partial charge is 0.376 e. The maximum absolute atomic E-state index is 6.02. The van der Waals surface area contributed by atoms with Gasteiger partial charge in [0.25, 0.3) is 0 Å². The highest BCUT2D eigenvalue weighted by Gasteiger charge is 2.48. The van der Waals surface area contributed by atoms with Gasteiger partial charge < -0.3 is 4.74 Å². The van der Waals surface area contributed by atoms with E-state index in [1.807, 2.05) is 0 Å². The molecule has 0 aromatic rings. The number of ether oxygens (including phenoxy) is 1. The molecule has 3 heteroatoms. The van der Waals surface area contributed by atoms with Gasteiger partial charge in [-0.1, -0.05) is 0 Å². The molecule has 0 aromatic heterocycles. The summed E-state index contributed by atoms with van der Waals surface area (Å²) in [5.41, 5.74) is 2.67. The van der Waals surface area contributed by atoms with E-state index in [2.05, 4.69) is 5.43 Å². The quantitative estimate of drug-likeness (QED) is 0.417. The molecule has 3 N–H and O–H groups in total. The third kappa shape index (κ3) is 1.81. The smallest absolute Gasteiger partial charge is 0.0632 e. The van der Waals surface area contributed by atoms with Gasteiger partial charge in [0.1, 0.15) is 0 Å². The van der Waals surface area contributed by atoms with Crippen molar-refractivity contribution in [3.05, 3.63) is 0 Å². The predicted octanol–water partition coefficient (Wildman–Crippen LogP) is 1.29. The van der Waals surface area contributed by atoms with Crippen LogP contribution in [-0.2, 0) is 4.74 Å². The minimum Gasteiger partial charge on any atom is -0.376 e. The van der Waals surface area contributed by atoms with Gasteiger partial charge in [-0.15, -0.1) is 0 Å². The first kappa shape index (κ1) is 10.1. The topological polar surface area (TPSA) is 47.3 Å². The van der Waals surface area contributed by atoms with Crippen LogP contribution in [0.4, 0.5) is 0 Å². The first-order chi connectivity index (χ1) is 7.36. The average Bonchev–Trinajstić information content (AvgIpc) is 2.21. The summed E-state index contributed by atoms with van der Waals surface area (Å²) in [6.45, 7) is 1.56. The van der Waals surface area contributed by atoms with Crippen LogP contribution in [-0.4, -0.2) is 19.3 Å². The molecule has 0 unspecified atom stereocenters. The first-order valence-electron chi connectivity index (χ1n) is 6.42. The Morgan fingerprint density at radius 1 is 1.00 bits per heavy atom. The Kier molecular flexibility index (Phi) is 2.71. The lowest BCUT2D eigenvalue weighted by Gasteiger charge is -2.54. The van der Waals surface area contributed by atoms with Gasteiger partial charge in [0, 0.05) is 6.54 Å². The molecule has 4 rings (SSSR count). The lowest BCUT2D eigenvalue weighted by molar-refractivity contribution is -0.125. The van der Waals surface area contributed by atoms with E-state index in [4.69, 9.17) is 10.6 Å². The molecular formula is C12H22N2O. The van der Waals surface area contributed by atoms with Crippen molar-refractivity contribution in [3.63, 3.8) is 0 Å². The van der Waals surface area contributed by atoms with E-state index in [1.165, 1.54) is 32.1 Å². The third-order valence-corrected chi connectivity index (χ3v) is 4.70. The van der Waals surface area contributed by atoms with Gasteiger partial charge in [-0.05, 0) is 55.8 Å². The van der Waals surface area contributed by atoms with E-state index in [-0.39, 0.29) is 0 Å². The van der Waals surface area contributed by atoms with Crippen molar-refractivity contribution in [2.75, 3.05) is 13.2 Å². The summed E-state index contributed by atoms with van der Waals surface area (Å²) in [6, 6.07) is 0. The normalized spacial score (nSPS) is 47.4. The van der Waals surface area contributed by atoms with Crippen LogP contribution in [0.2, 0.25) is 0 Å². The summed E-state index contributed by atoms with van der Waals surface area (Å²) in [4.78, 5) is 0. The molecule has 0 radical (unpaired) electrons. The van der Waals surface area contributed by atoms with Gasteiger partial charge in [0.05, 0.1) is 12.7 Å². The van der Waals surface area contributed by atoms with Crippen molar-refractivity contribution in [1.29, 1.82) is 0 Å². The van der Waals surface area contributed by atoms with Gasteiger partial charge in [0.2, 0.25) is 0 Å². The Bertz CT molecular complexity index is 204. The van der Waals surface area contributed by atoms with Crippen molar-refractivity contribution < 1.29 is 4.74 Å². The molecular weight excluding hydrogens is 188 g/mol. The fraction of sp³-hybridized carbons (Fsp3) is 1.00. The van der Waals surface area contributed by atoms with E-state index in [9.17, 15) is 0 Å². The molecule has 0 saturated heterocycles. The highest BCUT2D eigenvalue weighted by atomic mass is 16.5. The Balaban J connectivity index is 1.60. The van der Waals surface area contributed by atoms with E-state index in [1.54, 1.807) is 0 Å². The Hall–Kier alpha value is -0.120. The number of nitrogens with one attached hydrogen (secondary N) is 1. The molecule has 0 aromatic carbocycles. The van der Waals surface area contributed by atoms with Crippen molar-refractivity contribution in [2.24, 2.45) is 29.5 Å². The van der Waals surface area contributed by atoms with Crippen LogP contribution in [0.3, 0.4) is 0 Å². The highest BCUT2D eigenvalue weighted by molar-refractivity contribution is 4.98. The lowest BCUT2D eigenvalue weighted by Crippen LogP contribution is -2.49. The maximum atomic E-state index is 6.02. The number of nitrogens with two attached hydrogens (primary N) is 1. The fourth-order valence-electron chi connectivity index (χ4n) is 4.40. The Morgan fingerprint density at radius 2 is 1.60 bits per heavy atom. The van der Waals surface area contributed by atoms with Crippen LogP contribution in [0.15, 0.2) is 0 Å². The third-order valence-electron chi connectivity index (χ3n) is 4.70. The molecule has 0 atom stereocenters. The second-order valence-corrected chi connectivity index (χ2v) is 5.72. The highest BCUT2D eigenvalue weighted by Crippen LogP contribution is 2.54. The molecule has 4 saturated carbocycles. The van der Waals surface area contributed by atoms with Crippen molar-refractivity contribution in [3.8, 4) is 0 Å². The van der Waals surface area contributed by atoms with E-state index in [0.717, 1.165) is 36.8 Å². The monoisotopic (exact) mass is 210 g/mol. The van der Waals surface area contributed by atoms with Crippen molar-refractivity contribution in [1.82, 2.24) is 5.43 Å². The molecule has 0 spiro atoms. The van der Waals surface area contributed by atoms with E-state index < -0.39 is 0 Å². The molecule has 4 aliphatic carbocycles. The van der Waals surface area contributed by atoms with Gasteiger partial charge in [0.15, 0.2) is 0 Å². The number of hydrogen-bond donors (Lipinski definition) is 2. The summed E-state index contributed by atoms with van der Waals surface area (Å²) in [6.07, 6.45) is 7.83. The number of hydrazine groups is 1. The predicted molar refractivity (Wildman–Crippen MR) is 59.0 cm³/mol. The summed E-state index contributed by atoms with van der Waals surface area (Å²) in [5.74, 6) is 9.09. The fourth-order valence-corrected chi connectivity index (χ4v) is 4.40. The molecule has 86 valence electrons. The second-order valence-electron chi connectivity index (χ2n) is 5.72. The Morgan fingerprint density at radius 3 is 2.13 bits per heavy atom. The van der Waals surface area contributed by atoms with E-state index >= 15 is 0 Å². The molecule has 4 fully saturated rings. The molecule has 0 aliphatic heterocycles. The average molecular weight is 210 g/mol. The van der Waals surface area contributed by atoms with Crippen LogP contribution >= 0.6 is 0 Å². The second kappa shape index (κ2) is 4.04. The van der Waals surface area contributed by atoms with Crippen LogP contribution in [0, 0.1) is 23.7 Å². The Labute approximate surface area is 91.7 Å². The van der Waals surface area contributed by atoms with Crippen LogP contribution < -0.4 is 11.3 Å². The summed E-state index contributed by atoms with van der Waals surface area (Å²) < 4.78 is 6.02. The molecule has 15 heavy (non-hydrogen) atoms. The zero-order chi connectivity index (χ0) is 10.3. The molecule has 4 bridgehead atoms. The summed E-state index contributed by atoms with van der Waals surface area (Å²) >= 11 is 0. The molecule has 0 amide bonds. The molecule has 4 aliphatic rings. The standard InChI is InChI=1S/C12H22N2O/c13-14-1-2-15-12-10-4-8-3-9(6-10)7-11(12)5-8/h8-12,14H,1-7,13H2. The van der Waals surface area contributed by atoms with Crippen molar-refractivity contribution >= 4 is 0 Å². The van der Waals surface area contributed by atoms with Crippen LogP contribution in [0.5, 0.6) is 0 Å². The summed E-state index contributed by atoms with van der Waals surface area (Å²) in [7, 11) is 0. The number of hydrogen-bond acceptors (Lipinski definition) is 3. The van der Waals surface area contributed by atoms with Gasteiger partial charge in [-0.2, -0.15) is 0 Å². The summed E-state index contributed by atoms with van der Waals surface area (Å²) in [5, 5.41) is 0.